The number of hydrogen-bond donors (Lipinski definition) is 2. The van der Waals surface area contributed by atoms with E-state index in [2.05, 4.69) is 27.2 Å². The van der Waals surface area contributed by atoms with Crippen LogP contribution in [0.4, 0.5) is 5.69 Å². The molecule has 1 aliphatic rings. The molecule has 0 radical (unpaired) electrons. The molecule has 132 valence electrons. The number of nitrogens with zero attached hydrogens (tertiary/aromatic N) is 3. The molecule has 6 heteroatoms. The van der Waals surface area contributed by atoms with Gasteiger partial charge in [0.05, 0.1) is 17.6 Å². The summed E-state index contributed by atoms with van der Waals surface area (Å²) in [5, 5.41) is 3.28. The average molecular weight is 339 g/mol. The molecule has 25 heavy (non-hydrogen) atoms. The molecule has 0 bridgehead atoms. The maximum absolute atomic E-state index is 6.00. The number of allylic oxidation sites excluding steroid dienone is 1. The van der Waals surface area contributed by atoms with Gasteiger partial charge in [-0.25, -0.2) is 4.98 Å². The van der Waals surface area contributed by atoms with Gasteiger partial charge >= 0.3 is 0 Å². The quantitative estimate of drug-likeness (QED) is 0.871. The summed E-state index contributed by atoms with van der Waals surface area (Å²) < 4.78 is 5.87. The van der Waals surface area contributed by atoms with E-state index in [4.69, 9.17) is 10.5 Å². The van der Waals surface area contributed by atoms with Crippen LogP contribution in [0, 0.1) is 6.92 Å². The summed E-state index contributed by atoms with van der Waals surface area (Å²) in [7, 11) is 2.13. The number of rotatable bonds is 5. The van der Waals surface area contributed by atoms with Crippen LogP contribution < -0.4 is 15.8 Å². The Balaban J connectivity index is 1.66. The lowest BCUT2D eigenvalue weighted by atomic mass is 10.0. The predicted octanol–water partition coefficient (Wildman–Crippen LogP) is 2.45. The van der Waals surface area contributed by atoms with Crippen molar-refractivity contribution in [3.05, 3.63) is 58.8 Å². The van der Waals surface area contributed by atoms with Crippen molar-refractivity contribution in [3.8, 4) is 5.88 Å². The molecule has 1 aliphatic heterocycles. The lowest BCUT2D eigenvalue weighted by Crippen LogP contribution is -2.26. The van der Waals surface area contributed by atoms with Crippen LogP contribution in [0.2, 0.25) is 0 Å². The van der Waals surface area contributed by atoms with Crippen molar-refractivity contribution in [1.29, 1.82) is 0 Å². The van der Waals surface area contributed by atoms with Crippen LogP contribution in [0.25, 0.3) is 0 Å². The first-order valence-corrected chi connectivity index (χ1v) is 8.45. The second-order valence-electron chi connectivity index (χ2n) is 6.54. The van der Waals surface area contributed by atoms with E-state index < -0.39 is 0 Å². The molecule has 3 heterocycles. The third kappa shape index (κ3) is 4.48. The molecule has 2 aromatic rings. The zero-order valence-corrected chi connectivity index (χ0v) is 15.0. The zero-order chi connectivity index (χ0) is 17.8. The molecule has 0 spiro atoms. The Morgan fingerprint density at radius 3 is 2.84 bits per heavy atom. The second-order valence-corrected chi connectivity index (χ2v) is 6.54. The summed E-state index contributed by atoms with van der Waals surface area (Å²) >= 11 is 0. The van der Waals surface area contributed by atoms with E-state index in [1.807, 2.05) is 38.2 Å². The Hall–Kier alpha value is -2.60. The van der Waals surface area contributed by atoms with Crippen molar-refractivity contribution < 1.29 is 4.74 Å². The average Bonchev–Trinajstić information content (AvgIpc) is 2.60. The summed E-state index contributed by atoms with van der Waals surface area (Å²) in [6, 6.07) is 5.97. The topological polar surface area (TPSA) is 76.3 Å². The first-order chi connectivity index (χ1) is 12.0. The Labute approximate surface area is 148 Å². The Kier molecular flexibility index (Phi) is 5.19. The minimum absolute atomic E-state index is 0.335. The van der Waals surface area contributed by atoms with Crippen molar-refractivity contribution in [2.24, 2.45) is 5.73 Å². The molecule has 0 saturated heterocycles. The summed E-state index contributed by atoms with van der Waals surface area (Å²) in [4.78, 5) is 11.0. The number of ether oxygens (including phenoxy) is 1. The van der Waals surface area contributed by atoms with Crippen LogP contribution in [0.15, 0.2) is 42.0 Å². The Morgan fingerprint density at radius 2 is 2.12 bits per heavy atom. The smallest absolute Gasteiger partial charge is 0.213 e. The van der Waals surface area contributed by atoms with Crippen LogP contribution in [-0.2, 0) is 13.0 Å². The van der Waals surface area contributed by atoms with E-state index in [0.29, 0.717) is 18.2 Å². The number of hydrogen-bond acceptors (Lipinski definition) is 6. The molecule has 0 amide bonds. The molecule has 0 atom stereocenters. The minimum atomic E-state index is 0.335. The van der Waals surface area contributed by atoms with Crippen molar-refractivity contribution in [2.75, 3.05) is 25.5 Å². The third-order valence-corrected chi connectivity index (χ3v) is 4.31. The number of aromatic nitrogens is 2. The van der Waals surface area contributed by atoms with Gasteiger partial charge in [0, 0.05) is 36.7 Å². The highest BCUT2D eigenvalue weighted by atomic mass is 16.5. The van der Waals surface area contributed by atoms with Gasteiger partial charge in [-0.1, -0.05) is 0 Å². The second kappa shape index (κ2) is 7.53. The van der Waals surface area contributed by atoms with Crippen LogP contribution in [0.5, 0.6) is 5.88 Å². The highest BCUT2D eigenvalue weighted by Gasteiger charge is 2.14. The number of pyridine rings is 2. The highest BCUT2D eigenvalue weighted by Crippen LogP contribution is 2.21. The summed E-state index contributed by atoms with van der Waals surface area (Å²) in [5.74, 6) is 0.630. The fourth-order valence-corrected chi connectivity index (χ4v) is 2.75. The van der Waals surface area contributed by atoms with E-state index in [0.717, 1.165) is 36.6 Å². The number of likely N-dealkylation sites (N-methyl/N-ethyl adjacent to an activating group) is 1. The number of anilines is 1. The van der Waals surface area contributed by atoms with Gasteiger partial charge in [0.15, 0.2) is 0 Å². The van der Waals surface area contributed by atoms with Gasteiger partial charge in [0.2, 0.25) is 5.88 Å². The summed E-state index contributed by atoms with van der Waals surface area (Å²) in [6.45, 7) is 6.14. The van der Waals surface area contributed by atoms with Gasteiger partial charge in [0.25, 0.3) is 0 Å². The molecule has 0 aliphatic carbocycles. The first kappa shape index (κ1) is 17.2. The minimum Gasteiger partial charge on any atom is -0.471 e. The Bertz CT molecular complexity index is 766. The molecule has 0 fully saturated rings. The van der Waals surface area contributed by atoms with Crippen LogP contribution in [0.1, 0.15) is 23.7 Å². The van der Waals surface area contributed by atoms with Crippen molar-refractivity contribution >= 4 is 5.69 Å². The molecule has 0 saturated carbocycles. The van der Waals surface area contributed by atoms with E-state index in [1.165, 1.54) is 11.1 Å². The van der Waals surface area contributed by atoms with Gasteiger partial charge in [-0.2, -0.15) is 0 Å². The maximum atomic E-state index is 6.00. The molecule has 6 nitrogen and oxygen atoms in total. The third-order valence-electron chi connectivity index (χ3n) is 4.31. The van der Waals surface area contributed by atoms with Crippen LogP contribution in [-0.4, -0.2) is 35.1 Å². The lowest BCUT2D eigenvalue weighted by molar-refractivity contribution is 0.307. The van der Waals surface area contributed by atoms with Gasteiger partial charge in [-0.15, -0.1) is 0 Å². The molecule has 3 N–H and O–H groups in total. The van der Waals surface area contributed by atoms with Crippen molar-refractivity contribution in [1.82, 2.24) is 14.9 Å². The molecular formula is C19H25N5O. The van der Waals surface area contributed by atoms with E-state index in [9.17, 15) is 0 Å². The molecule has 3 rings (SSSR count). The van der Waals surface area contributed by atoms with Crippen LogP contribution in [0.3, 0.4) is 0 Å². The Morgan fingerprint density at radius 1 is 1.28 bits per heavy atom. The summed E-state index contributed by atoms with van der Waals surface area (Å²) in [5.41, 5.74) is 11.9. The van der Waals surface area contributed by atoms with E-state index >= 15 is 0 Å². The fraction of sp³-hybridized carbons (Fsp3) is 0.368. The highest BCUT2D eigenvalue weighted by molar-refractivity contribution is 5.47. The van der Waals surface area contributed by atoms with Gasteiger partial charge in [-0.3, -0.25) is 4.98 Å². The normalized spacial score (nSPS) is 15.3. The largest absolute Gasteiger partial charge is 0.471 e. The number of nitrogens with one attached hydrogen (secondary N) is 1. The summed E-state index contributed by atoms with van der Waals surface area (Å²) in [6.07, 6.45) is 4.72. The van der Waals surface area contributed by atoms with Crippen molar-refractivity contribution in [3.63, 3.8) is 0 Å². The van der Waals surface area contributed by atoms with Gasteiger partial charge < -0.3 is 20.7 Å². The van der Waals surface area contributed by atoms with Crippen LogP contribution >= 0.6 is 0 Å². The zero-order valence-electron chi connectivity index (χ0n) is 15.0. The standard InChI is InChI=1S/C19H25N5O/c1-13-4-5-17(10-21-13)23-18(14(2)20)12-25-19-8-15-6-7-24(3)11-16(15)9-22-19/h4-5,8-10,23H,6-7,11-12,20H2,1-3H3/b18-14-. The van der Waals surface area contributed by atoms with E-state index in [1.54, 1.807) is 6.20 Å². The molecular weight excluding hydrogens is 314 g/mol. The first-order valence-electron chi connectivity index (χ1n) is 8.45. The number of fused-ring (bicyclic) bond motifs is 1. The number of aryl methyl sites for hydroxylation is 1. The number of nitrogens with two attached hydrogens (primary N) is 1. The monoisotopic (exact) mass is 339 g/mol. The molecule has 0 unspecified atom stereocenters. The van der Waals surface area contributed by atoms with Gasteiger partial charge in [0.1, 0.15) is 6.61 Å². The van der Waals surface area contributed by atoms with Crippen molar-refractivity contribution in [2.45, 2.75) is 26.8 Å². The lowest BCUT2D eigenvalue weighted by Gasteiger charge is -2.24. The molecule has 2 aromatic heterocycles. The predicted molar refractivity (Wildman–Crippen MR) is 99.3 cm³/mol. The fourth-order valence-electron chi connectivity index (χ4n) is 2.75. The van der Waals surface area contributed by atoms with Gasteiger partial charge in [-0.05, 0) is 50.6 Å². The van der Waals surface area contributed by atoms with E-state index in [-0.39, 0.29) is 0 Å². The maximum Gasteiger partial charge on any atom is 0.213 e. The SMILES string of the molecule is C/C(N)=C(\COc1cc2c(cn1)CN(C)CC2)Nc1ccc(C)nc1. The molecule has 0 aromatic carbocycles.